The van der Waals surface area contributed by atoms with Gasteiger partial charge >= 0.3 is 6.03 Å². The number of fused-ring (bicyclic) bond motifs is 2. The normalized spacial score (nSPS) is 22.5. The number of aromatic nitrogens is 3. The molecule has 0 aliphatic heterocycles. The first-order chi connectivity index (χ1) is 15.5. The molecule has 0 saturated heterocycles. The average molecular weight is 462 g/mol. The Kier molecular flexibility index (Phi) is 6.98. The van der Waals surface area contributed by atoms with Crippen LogP contribution in [-0.2, 0) is 11.4 Å². The van der Waals surface area contributed by atoms with Crippen LogP contribution in [0.25, 0.3) is 0 Å². The highest BCUT2D eigenvalue weighted by Crippen LogP contribution is 2.52. The molecule has 2 fully saturated rings. The van der Waals surface area contributed by atoms with Crippen LogP contribution in [0.3, 0.4) is 0 Å². The number of rotatable bonds is 8. The molecule has 2 aliphatic rings. The minimum absolute atomic E-state index is 0.0309. The van der Waals surface area contributed by atoms with Crippen molar-refractivity contribution in [3.8, 4) is 5.75 Å². The summed E-state index contributed by atoms with van der Waals surface area (Å²) in [5.74, 6) is 1.93. The first-order valence-corrected chi connectivity index (χ1v) is 11.9. The molecule has 0 unspecified atom stereocenters. The maximum atomic E-state index is 14.0. The summed E-state index contributed by atoms with van der Waals surface area (Å²) in [6, 6.07) is 5.84. The monoisotopic (exact) mass is 461 g/mol. The molecule has 0 radical (unpaired) electrons. The lowest BCUT2D eigenvalue weighted by Gasteiger charge is -2.30. The van der Waals surface area contributed by atoms with E-state index in [9.17, 15) is 14.0 Å². The van der Waals surface area contributed by atoms with Gasteiger partial charge in [-0.2, -0.15) is 0 Å². The number of urea groups is 1. The van der Waals surface area contributed by atoms with E-state index in [4.69, 9.17) is 4.74 Å². The highest BCUT2D eigenvalue weighted by Gasteiger charge is 2.43. The van der Waals surface area contributed by atoms with Crippen molar-refractivity contribution in [2.45, 2.75) is 50.4 Å². The van der Waals surface area contributed by atoms with Gasteiger partial charge in [-0.05, 0) is 56.1 Å². The Morgan fingerprint density at radius 2 is 2.09 bits per heavy atom. The van der Waals surface area contributed by atoms with Gasteiger partial charge < -0.3 is 10.1 Å². The molecule has 3 amide bonds. The number of ether oxygens (including phenoxy) is 1. The van der Waals surface area contributed by atoms with Crippen LogP contribution in [0.15, 0.2) is 29.4 Å². The SMILES string of the molecule is CNC(=O)NC(=O)CSc1nnc(COc2ccccc2F)n1[C@H](C)[C@@H]1C[C@@H]2CC[C@@H]1C2. The highest BCUT2D eigenvalue weighted by atomic mass is 32.2. The van der Waals surface area contributed by atoms with Gasteiger partial charge in [0, 0.05) is 13.1 Å². The second kappa shape index (κ2) is 9.89. The number of nitrogens with one attached hydrogen (secondary N) is 2. The molecule has 1 aromatic carbocycles. The molecule has 32 heavy (non-hydrogen) atoms. The predicted octanol–water partition coefficient (Wildman–Crippen LogP) is 3.54. The number of imide groups is 1. The molecule has 8 nitrogen and oxygen atoms in total. The quantitative estimate of drug-likeness (QED) is 0.584. The number of thioether (sulfide) groups is 1. The minimum Gasteiger partial charge on any atom is -0.483 e. The van der Waals surface area contributed by atoms with E-state index in [1.54, 1.807) is 18.2 Å². The van der Waals surface area contributed by atoms with E-state index in [0.29, 0.717) is 22.8 Å². The molecular formula is C22H28FN5O3S. The van der Waals surface area contributed by atoms with Crippen molar-refractivity contribution in [1.29, 1.82) is 0 Å². The number of benzene rings is 1. The first kappa shape index (κ1) is 22.6. The van der Waals surface area contributed by atoms with Gasteiger partial charge in [-0.25, -0.2) is 9.18 Å². The molecule has 2 bridgehead atoms. The van der Waals surface area contributed by atoms with E-state index in [1.165, 1.54) is 50.6 Å². The molecule has 172 valence electrons. The molecule has 2 saturated carbocycles. The van der Waals surface area contributed by atoms with Gasteiger partial charge in [0.05, 0.1) is 5.75 Å². The van der Waals surface area contributed by atoms with Crippen molar-refractivity contribution in [2.75, 3.05) is 12.8 Å². The van der Waals surface area contributed by atoms with Crippen molar-refractivity contribution in [1.82, 2.24) is 25.4 Å². The van der Waals surface area contributed by atoms with Crippen molar-refractivity contribution >= 4 is 23.7 Å². The molecule has 0 spiro atoms. The topological polar surface area (TPSA) is 98.1 Å². The van der Waals surface area contributed by atoms with Gasteiger partial charge in [0.25, 0.3) is 0 Å². The van der Waals surface area contributed by atoms with Gasteiger partial charge in [0.15, 0.2) is 22.5 Å². The third-order valence-corrected chi connectivity index (χ3v) is 7.50. The van der Waals surface area contributed by atoms with Crippen LogP contribution in [0.5, 0.6) is 5.75 Å². The minimum atomic E-state index is -0.550. The van der Waals surface area contributed by atoms with Gasteiger partial charge in [-0.1, -0.05) is 30.3 Å². The van der Waals surface area contributed by atoms with Gasteiger partial charge in [0.1, 0.15) is 6.61 Å². The van der Waals surface area contributed by atoms with E-state index < -0.39 is 17.8 Å². The lowest BCUT2D eigenvalue weighted by molar-refractivity contribution is -0.117. The summed E-state index contributed by atoms with van der Waals surface area (Å²) in [5.41, 5.74) is 0. The van der Waals surface area contributed by atoms with Crippen molar-refractivity contribution in [3.63, 3.8) is 0 Å². The van der Waals surface area contributed by atoms with E-state index in [2.05, 4.69) is 27.8 Å². The van der Waals surface area contributed by atoms with Crippen LogP contribution in [0, 0.1) is 23.6 Å². The van der Waals surface area contributed by atoms with Crippen molar-refractivity contribution in [3.05, 3.63) is 35.9 Å². The molecule has 2 aromatic rings. The molecule has 1 aromatic heterocycles. The maximum Gasteiger partial charge on any atom is 0.321 e. The summed E-state index contributed by atoms with van der Waals surface area (Å²) < 4.78 is 21.7. The van der Waals surface area contributed by atoms with E-state index in [0.717, 1.165) is 5.92 Å². The predicted molar refractivity (Wildman–Crippen MR) is 118 cm³/mol. The zero-order valence-corrected chi connectivity index (χ0v) is 19.0. The molecule has 10 heteroatoms. The van der Waals surface area contributed by atoms with E-state index in [-0.39, 0.29) is 24.2 Å². The lowest BCUT2D eigenvalue weighted by Crippen LogP contribution is -2.38. The smallest absolute Gasteiger partial charge is 0.321 e. The second-order valence-electron chi connectivity index (χ2n) is 8.48. The van der Waals surface area contributed by atoms with Crippen LogP contribution >= 0.6 is 11.8 Å². The van der Waals surface area contributed by atoms with E-state index in [1.807, 2.05) is 4.57 Å². The number of carbonyl (C=O) groups is 2. The molecule has 2 N–H and O–H groups in total. The summed E-state index contributed by atoms with van der Waals surface area (Å²) in [6.45, 7) is 2.24. The van der Waals surface area contributed by atoms with Crippen LogP contribution in [0.2, 0.25) is 0 Å². The average Bonchev–Trinajstić information content (AvgIpc) is 3.52. The first-order valence-electron chi connectivity index (χ1n) is 10.9. The Labute approximate surface area is 190 Å². The summed E-state index contributed by atoms with van der Waals surface area (Å²) in [4.78, 5) is 23.4. The zero-order chi connectivity index (χ0) is 22.7. The Hall–Kier alpha value is -2.62. The number of hydrogen-bond acceptors (Lipinski definition) is 6. The Balaban J connectivity index is 1.52. The largest absolute Gasteiger partial charge is 0.483 e. The van der Waals surface area contributed by atoms with Crippen LogP contribution in [0.4, 0.5) is 9.18 Å². The number of amides is 3. The van der Waals surface area contributed by atoms with Gasteiger partial charge in [0.2, 0.25) is 5.91 Å². The summed E-state index contributed by atoms with van der Waals surface area (Å²) in [7, 11) is 1.45. The lowest BCUT2D eigenvalue weighted by atomic mass is 9.84. The maximum absolute atomic E-state index is 14.0. The zero-order valence-electron chi connectivity index (χ0n) is 18.2. The Morgan fingerprint density at radius 1 is 1.28 bits per heavy atom. The standard InChI is InChI=1S/C22H28FN5O3S/c1-13(16-10-14-7-8-15(16)9-14)28-19(11-31-18-6-4-3-5-17(18)23)26-27-22(28)32-12-20(29)25-21(30)24-2/h3-6,13-16H,7-12H2,1-2H3,(H2,24,25,29,30)/t13-,14-,15-,16+/m1/s1. The van der Waals surface area contributed by atoms with Crippen LogP contribution < -0.4 is 15.4 Å². The number of nitrogens with zero attached hydrogens (tertiary/aromatic N) is 3. The summed E-state index contributed by atoms with van der Waals surface area (Å²) in [6.07, 6.45) is 5.01. The molecule has 1 heterocycles. The fourth-order valence-corrected chi connectivity index (χ4v) is 5.89. The van der Waals surface area contributed by atoms with Crippen LogP contribution in [-0.4, -0.2) is 39.5 Å². The highest BCUT2D eigenvalue weighted by molar-refractivity contribution is 7.99. The second-order valence-corrected chi connectivity index (χ2v) is 9.43. The van der Waals surface area contributed by atoms with Crippen molar-refractivity contribution in [2.24, 2.45) is 17.8 Å². The Morgan fingerprint density at radius 3 is 2.78 bits per heavy atom. The molecular weight excluding hydrogens is 433 g/mol. The summed E-state index contributed by atoms with van der Waals surface area (Å²) in [5, 5.41) is 13.8. The van der Waals surface area contributed by atoms with Gasteiger partial charge in [-0.3, -0.25) is 14.7 Å². The molecule has 4 atom stereocenters. The Bertz CT molecular complexity index is 984. The number of hydrogen-bond donors (Lipinski definition) is 2. The van der Waals surface area contributed by atoms with Crippen LogP contribution in [0.1, 0.15) is 44.5 Å². The third-order valence-electron chi connectivity index (χ3n) is 6.56. The fourth-order valence-electron chi connectivity index (χ4n) is 5.05. The van der Waals surface area contributed by atoms with E-state index >= 15 is 0 Å². The number of halogens is 1. The van der Waals surface area contributed by atoms with Crippen molar-refractivity contribution < 1.29 is 18.7 Å². The van der Waals surface area contributed by atoms with Gasteiger partial charge in [-0.15, -0.1) is 10.2 Å². The number of para-hydroxylation sites is 1. The molecule has 4 rings (SSSR count). The molecule has 2 aliphatic carbocycles. The third kappa shape index (κ3) is 4.90. The fraction of sp³-hybridized carbons (Fsp3) is 0.545. The summed E-state index contributed by atoms with van der Waals surface area (Å²) >= 11 is 1.23. The number of carbonyl (C=O) groups excluding carboxylic acids is 2.